The lowest BCUT2D eigenvalue weighted by atomic mass is 10.1. The second-order valence-electron chi connectivity index (χ2n) is 4.28. The van der Waals surface area contributed by atoms with Crippen molar-refractivity contribution in [2.45, 2.75) is 0 Å². The summed E-state index contributed by atoms with van der Waals surface area (Å²) in [5.41, 5.74) is 1.38. The molecule has 1 aromatic heterocycles. The van der Waals surface area contributed by atoms with E-state index in [2.05, 4.69) is 0 Å². The Kier molecular flexibility index (Phi) is 5.32. The Balaban J connectivity index is 2.14. The van der Waals surface area contributed by atoms with Gasteiger partial charge in [0, 0.05) is 5.56 Å². The van der Waals surface area contributed by atoms with Crippen molar-refractivity contribution < 1.29 is 24.2 Å². The Bertz CT molecular complexity index is 689. The fourth-order valence-electron chi connectivity index (χ4n) is 1.71. The fraction of sp³-hybridized carbons (Fsp3) is 0.125. The smallest absolute Gasteiger partial charge is 0.185 e. The number of ketones is 1. The standard InChI is InChI=1S/C16H14O5S/c1-20-15-8-12(3-5-14(15)21-9-16(18)19)13(17)4-2-11-6-7-22-10-11/h2-8,10H,9H2,1H3,(H,18,19)/p-1/b4-2+. The van der Waals surface area contributed by atoms with Crippen molar-refractivity contribution in [3.05, 3.63) is 52.2 Å². The second kappa shape index (κ2) is 7.42. The van der Waals surface area contributed by atoms with Crippen LogP contribution in [0.15, 0.2) is 41.1 Å². The van der Waals surface area contributed by atoms with Gasteiger partial charge in [-0.05, 0) is 46.7 Å². The summed E-state index contributed by atoms with van der Waals surface area (Å²) in [6.07, 6.45) is 3.20. The van der Waals surface area contributed by atoms with E-state index in [1.54, 1.807) is 23.5 Å². The maximum Gasteiger partial charge on any atom is 0.185 e. The van der Waals surface area contributed by atoms with Crippen LogP contribution in [0.4, 0.5) is 0 Å². The first-order valence-electron chi connectivity index (χ1n) is 6.35. The predicted molar refractivity (Wildman–Crippen MR) is 81.2 cm³/mol. The molecule has 114 valence electrons. The molecule has 1 heterocycles. The summed E-state index contributed by atoms with van der Waals surface area (Å²) in [5.74, 6) is -0.988. The van der Waals surface area contributed by atoms with Gasteiger partial charge in [-0.2, -0.15) is 11.3 Å². The van der Waals surface area contributed by atoms with Crippen molar-refractivity contribution in [1.29, 1.82) is 0 Å². The van der Waals surface area contributed by atoms with Gasteiger partial charge in [-0.3, -0.25) is 4.79 Å². The van der Waals surface area contributed by atoms with E-state index >= 15 is 0 Å². The quantitative estimate of drug-likeness (QED) is 0.575. The van der Waals surface area contributed by atoms with Gasteiger partial charge >= 0.3 is 0 Å². The van der Waals surface area contributed by atoms with Gasteiger partial charge in [-0.15, -0.1) is 0 Å². The molecule has 0 bridgehead atoms. The number of rotatable bonds is 7. The highest BCUT2D eigenvalue weighted by atomic mass is 32.1. The van der Waals surface area contributed by atoms with Crippen LogP contribution in [0.3, 0.4) is 0 Å². The van der Waals surface area contributed by atoms with Crippen molar-refractivity contribution in [2.24, 2.45) is 0 Å². The number of hydrogen-bond acceptors (Lipinski definition) is 6. The molecular formula is C16H13O5S-. The number of carbonyl (C=O) groups is 2. The summed E-state index contributed by atoms with van der Waals surface area (Å²) in [4.78, 5) is 22.5. The number of carboxylic acid groups (broad SMARTS) is 1. The number of methoxy groups -OCH3 is 1. The average molecular weight is 317 g/mol. The van der Waals surface area contributed by atoms with Crippen LogP contribution < -0.4 is 14.6 Å². The minimum absolute atomic E-state index is 0.184. The molecule has 0 aliphatic carbocycles. The minimum Gasteiger partial charge on any atom is -0.546 e. The lowest BCUT2D eigenvalue weighted by molar-refractivity contribution is -0.307. The van der Waals surface area contributed by atoms with Gasteiger partial charge in [0.25, 0.3) is 0 Å². The molecular weight excluding hydrogens is 304 g/mol. The first-order chi connectivity index (χ1) is 10.6. The number of carbonyl (C=O) groups excluding carboxylic acids is 2. The third kappa shape index (κ3) is 4.20. The van der Waals surface area contributed by atoms with E-state index < -0.39 is 12.6 Å². The zero-order chi connectivity index (χ0) is 15.9. The number of carboxylic acids is 1. The van der Waals surface area contributed by atoms with Crippen LogP contribution in [-0.4, -0.2) is 25.5 Å². The van der Waals surface area contributed by atoms with E-state index in [4.69, 9.17) is 9.47 Å². The molecule has 0 saturated carbocycles. The SMILES string of the molecule is COc1cc(C(=O)/C=C/c2ccsc2)ccc1OCC(=O)[O-]. The highest BCUT2D eigenvalue weighted by Gasteiger charge is 2.09. The summed E-state index contributed by atoms with van der Waals surface area (Å²) < 4.78 is 10.1. The Morgan fingerprint density at radius 3 is 2.73 bits per heavy atom. The van der Waals surface area contributed by atoms with Crippen LogP contribution in [0.25, 0.3) is 6.08 Å². The number of allylic oxidation sites excluding steroid dienone is 1. The number of hydrogen-bond donors (Lipinski definition) is 0. The van der Waals surface area contributed by atoms with Crippen molar-refractivity contribution in [2.75, 3.05) is 13.7 Å². The van der Waals surface area contributed by atoms with E-state index in [1.165, 1.54) is 25.3 Å². The molecule has 0 aliphatic rings. The lowest BCUT2D eigenvalue weighted by Gasteiger charge is -2.11. The van der Waals surface area contributed by atoms with E-state index in [9.17, 15) is 14.7 Å². The average Bonchev–Trinajstić information content (AvgIpc) is 3.03. The molecule has 0 aliphatic heterocycles. The summed E-state index contributed by atoms with van der Waals surface area (Å²) in [6, 6.07) is 6.46. The molecule has 0 radical (unpaired) electrons. The van der Waals surface area contributed by atoms with Crippen LogP contribution in [0, 0.1) is 0 Å². The van der Waals surface area contributed by atoms with Crippen LogP contribution in [0.1, 0.15) is 15.9 Å². The topological polar surface area (TPSA) is 75.7 Å². The minimum atomic E-state index is -1.33. The molecule has 2 aromatic rings. The highest BCUT2D eigenvalue weighted by molar-refractivity contribution is 7.08. The molecule has 1 aromatic carbocycles. The Morgan fingerprint density at radius 2 is 2.09 bits per heavy atom. The number of thiophene rings is 1. The Morgan fingerprint density at radius 1 is 1.27 bits per heavy atom. The van der Waals surface area contributed by atoms with Gasteiger partial charge in [0.2, 0.25) is 0 Å². The third-order valence-electron chi connectivity index (χ3n) is 2.76. The summed E-state index contributed by atoms with van der Waals surface area (Å²) in [5, 5.41) is 14.3. The maximum atomic E-state index is 12.1. The normalized spacial score (nSPS) is 10.6. The monoisotopic (exact) mass is 317 g/mol. The van der Waals surface area contributed by atoms with Gasteiger partial charge in [-0.1, -0.05) is 6.08 Å². The molecule has 0 fully saturated rings. The van der Waals surface area contributed by atoms with E-state index in [0.717, 1.165) is 5.56 Å². The molecule has 22 heavy (non-hydrogen) atoms. The van der Waals surface area contributed by atoms with Crippen molar-refractivity contribution >= 4 is 29.2 Å². The molecule has 0 amide bonds. The van der Waals surface area contributed by atoms with Crippen LogP contribution in [0.2, 0.25) is 0 Å². The van der Waals surface area contributed by atoms with Crippen LogP contribution in [0.5, 0.6) is 11.5 Å². The molecule has 6 heteroatoms. The molecule has 0 atom stereocenters. The first kappa shape index (κ1) is 15.8. The molecule has 0 spiro atoms. The van der Waals surface area contributed by atoms with Crippen LogP contribution >= 0.6 is 11.3 Å². The summed E-state index contributed by atoms with van der Waals surface area (Å²) in [7, 11) is 1.41. The Labute approximate surface area is 131 Å². The number of aliphatic carboxylic acids is 1. The molecule has 0 unspecified atom stereocenters. The molecule has 0 N–H and O–H groups in total. The third-order valence-corrected chi connectivity index (χ3v) is 3.47. The van der Waals surface area contributed by atoms with Crippen molar-refractivity contribution in [3.63, 3.8) is 0 Å². The summed E-state index contributed by atoms with van der Waals surface area (Å²) in [6.45, 7) is -0.582. The molecule has 2 rings (SSSR count). The highest BCUT2D eigenvalue weighted by Crippen LogP contribution is 2.28. The van der Waals surface area contributed by atoms with Gasteiger partial charge < -0.3 is 19.4 Å². The summed E-state index contributed by atoms with van der Waals surface area (Å²) >= 11 is 1.55. The van der Waals surface area contributed by atoms with Gasteiger partial charge in [-0.25, -0.2) is 0 Å². The predicted octanol–water partition coefficient (Wildman–Crippen LogP) is 1.78. The largest absolute Gasteiger partial charge is 0.546 e. The van der Waals surface area contributed by atoms with E-state index in [-0.39, 0.29) is 17.3 Å². The Hall–Kier alpha value is -2.60. The van der Waals surface area contributed by atoms with E-state index in [1.807, 2.05) is 16.8 Å². The van der Waals surface area contributed by atoms with Crippen LogP contribution in [-0.2, 0) is 4.79 Å². The first-order valence-corrected chi connectivity index (χ1v) is 7.29. The van der Waals surface area contributed by atoms with Gasteiger partial charge in [0.15, 0.2) is 17.3 Å². The fourth-order valence-corrected chi connectivity index (χ4v) is 2.34. The maximum absolute atomic E-state index is 12.1. The van der Waals surface area contributed by atoms with Crippen molar-refractivity contribution in [1.82, 2.24) is 0 Å². The zero-order valence-electron chi connectivity index (χ0n) is 11.8. The number of benzene rings is 1. The van der Waals surface area contributed by atoms with Crippen molar-refractivity contribution in [3.8, 4) is 11.5 Å². The van der Waals surface area contributed by atoms with Gasteiger partial charge in [0.1, 0.15) is 6.61 Å². The molecule has 5 nitrogen and oxygen atoms in total. The van der Waals surface area contributed by atoms with Gasteiger partial charge in [0.05, 0.1) is 13.1 Å². The number of ether oxygens (including phenoxy) is 2. The van der Waals surface area contributed by atoms with E-state index in [0.29, 0.717) is 5.56 Å². The lowest BCUT2D eigenvalue weighted by Crippen LogP contribution is -2.29. The molecule has 0 saturated heterocycles. The second-order valence-corrected chi connectivity index (χ2v) is 5.06. The zero-order valence-corrected chi connectivity index (χ0v) is 12.6.